The minimum Gasteiger partial charge on any atom is -0.481 e. The van der Waals surface area contributed by atoms with Crippen LogP contribution in [0.15, 0.2) is 0 Å². The molecule has 1 saturated carbocycles. The van der Waals surface area contributed by atoms with E-state index in [0.717, 1.165) is 0 Å². The number of carbonyl (C=O) groups is 2. The van der Waals surface area contributed by atoms with Gasteiger partial charge in [-0.3, -0.25) is 9.59 Å². The topological polar surface area (TPSA) is 63.6 Å². The number of hydrogen-bond donors (Lipinski definition) is 1. The molecule has 4 nitrogen and oxygen atoms in total. The van der Waals surface area contributed by atoms with Gasteiger partial charge in [-0.25, -0.2) is 0 Å². The minimum atomic E-state index is -4.61. The van der Waals surface area contributed by atoms with Crippen LogP contribution in [-0.2, 0) is 14.3 Å². The van der Waals surface area contributed by atoms with Crippen molar-refractivity contribution in [1.29, 1.82) is 0 Å². The molecule has 0 bridgehead atoms. The van der Waals surface area contributed by atoms with Crippen molar-refractivity contribution in [3.63, 3.8) is 0 Å². The lowest BCUT2D eigenvalue weighted by molar-refractivity contribution is -0.189. The van der Waals surface area contributed by atoms with E-state index in [-0.39, 0.29) is 25.7 Å². The molecule has 1 N–H and O–H groups in total. The molecule has 28 heavy (non-hydrogen) atoms. The number of esters is 1. The van der Waals surface area contributed by atoms with Gasteiger partial charge in [-0.05, 0) is 58.8 Å². The zero-order chi connectivity index (χ0) is 21.9. The lowest BCUT2D eigenvalue weighted by Crippen LogP contribution is -2.42. The third-order valence-corrected chi connectivity index (χ3v) is 4.91. The van der Waals surface area contributed by atoms with E-state index >= 15 is 0 Å². The van der Waals surface area contributed by atoms with E-state index in [1.165, 1.54) is 20.8 Å². The van der Waals surface area contributed by atoms with Gasteiger partial charge in [-0.2, -0.15) is 26.3 Å². The summed E-state index contributed by atoms with van der Waals surface area (Å²) in [5, 5.41) is 9.44. The molecule has 0 aromatic carbocycles. The molecule has 0 aromatic rings. The Morgan fingerprint density at radius 3 is 1.86 bits per heavy atom. The predicted octanol–water partition coefficient (Wildman–Crippen LogP) is 5.36. The molecule has 0 aromatic heterocycles. The summed E-state index contributed by atoms with van der Waals surface area (Å²) in [6.07, 6.45) is -12.0. The van der Waals surface area contributed by atoms with E-state index in [4.69, 9.17) is 4.74 Å². The molecule has 2 atom stereocenters. The first kappa shape index (κ1) is 24.6. The molecule has 0 aliphatic heterocycles. The highest BCUT2D eigenvalue weighted by atomic mass is 19.4. The fourth-order valence-corrected chi connectivity index (χ4v) is 3.64. The second-order valence-corrected chi connectivity index (χ2v) is 8.31. The van der Waals surface area contributed by atoms with Crippen molar-refractivity contribution in [2.75, 3.05) is 0 Å². The maximum Gasteiger partial charge on any atom is 0.391 e. The summed E-state index contributed by atoms with van der Waals surface area (Å²) in [5.41, 5.74) is -1.01. The fraction of sp³-hybridized carbons (Fsp3) is 0.889. The quantitative estimate of drug-likeness (QED) is 0.464. The number of alkyl halides is 6. The summed E-state index contributed by atoms with van der Waals surface area (Å²) in [4.78, 5) is 24.3. The molecule has 1 aliphatic rings. The summed E-state index contributed by atoms with van der Waals surface area (Å²) in [6, 6.07) is 0. The first-order valence-electron chi connectivity index (χ1n) is 9.10. The maximum atomic E-state index is 12.9. The van der Waals surface area contributed by atoms with Gasteiger partial charge >= 0.3 is 24.3 Å². The fourth-order valence-electron chi connectivity index (χ4n) is 3.64. The average Bonchev–Trinajstić information content (AvgIpc) is 2.47. The van der Waals surface area contributed by atoms with Crippen LogP contribution in [0.4, 0.5) is 26.3 Å². The molecule has 1 fully saturated rings. The van der Waals surface area contributed by atoms with Gasteiger partial charge in [-0.1, -0.05) is 0 Å². The van der Waals surface area contributed by atoms with E-state index in [0.29, 0.717) is 0 Å². The summed E-state index contributed by atoms with van der Waals surface area (Å²) in [6.45, 7) is 4.57. The zero-order valence-electron chi connectivity index (χ0n) is 16.0. The van der Waals surface area contributed by atoms with Gasteiger partial charge in [0.1, 0.15) is 5.60 Å². The third kappa shape index (κ3) is 7.87. The van der Waals surface area contributed by atoms with Crippen LogP contribution in [0.2, 0.25) is 0 Å². The van der Waals surface area contributed by atoms with Crippen LogP contribution in [-0.4, -0.2) is 35.0 Å². The highest BCUT2D eigenvalue weighted by Gasteiger charge is 2.47. The van der Waals surface area contributed by atoms with Crippen LogP contribution < -0.4 is 0 Å². The van der Waals surface area contributed by atoms with Gasteiger partial charge < -0.3 is 9.84 Å². The van der Waals surface area contributed by atoms with E-state index in [1.807, 2.05) is 0 Å². The molecular formula is C18H26F6O4. The van der Waals surface area contributed by atoms with Crippen molar-refractivity contribution in [3.8, 4) is 0 Å². The van der Waals surface area contributed by atoms with Crippen LogP contribution in [0, 0.1) is 23.7 Å². The van der Waals surface area contributed by atoms with Crippen LogP contribution in [0.5, 0.6) is 0 Å². The lowest BCUT2D eigenvalue weighted by Gasteiger charge is -2.37. The molecule has 10 heteroatoms. The summed E-state index contributed by atoms with van der Waals surface area (Å²) < 4.78 is 81.7. The summed E-state index contributed by atoms with van der Waals surface area (Å²) >= 11 is 0. The van der Waals surface area contributed by atoms with Crippen molar-refractivity contribution in [2.24, 2.45) is 23.7 Å². The van der Waals surface area contributed by atoms with Crippen molar-refractivity contribution in [3.05, 3.63) is 0 Å². The first-order chi connectivity index (χ1) is 12.5. The van der Waals surface area contributed by atoms with Crippen molar-refractivity contribution >= 4 is 11.9 Å². The number of carboxylic acids is 1. The average molecular weight is 420 g/mol. The lowest BCUT2D eigenvalue weighted by atomic mass is 9.70. The Labute approximate surface area is 159 Å². The second-order valence-electron chi connectivity index (χ2n) is 8.31. The molecular weight excluding hydrogens is 394 g/mol. The van der Waals surface area contributed by atoms with Gasteiger partial charge in [0.05, 0.1) is 17.8 Å². The highest BCUT2D eigenvalue weighted by molar-refractivity contribution is 5.81. The number of rotatable bonds is 6. The monoisotopic (exact) mass is 420 g/mol. The molecule has 0 spiro atoms. The standard InChI is InChI=1S/C18H26F6O4/c1-16(2,3)28-15(27)13(12(14(25)26)8-9-17(19,20)21)10-4-6-11(7-5-10)18(22,23)24/h10-13H,4-9H2,1-3H3,(H,25,26). The largest absolute Gasteiger partial charge is 0.481 e. The molecule has 0 radical (unpaired) electrons. The Hall–Kier alpha value is -1.48. The van der Waals surface area contributed by atoms with Crippen molar-refractivity contribution < 1.29 is 45.8 Å². The Balaban J connectivity index is 3.07. The van der Waals surface area contributed by atoms with E-state index < -0.39 is 66.4 Å². The SMILES string of the molecule is CC(C)(C)OC(=O)C(C1CCC(C(F)(F)F)CC1)C(CCC(F)(F)F)C(=O)O. The van der Waals surface area contributed by atoms with Crippen LogP contribution in [0.25, 0.3) is 0 Å². The summed E-state index contributed by atoms with van der Waals surface area (Å²) in [7, 11) is 0. The molecule has 0 amide bonds. The third-order valence-electron chi connectivity index (χ3n) is 4.91. The van der Waals surface area contributed by atoms with Gasteiger partial charge in [0.25, 0.3) is 0 Å². The van der Waals surface area contributed by atoms with Crippen LogP contribution >= 0.6 is 0 Å². The normalized spacial score (nSPS) is 23.8. The van der Waals surface area contributed by atoms with Gasteiger partial charge in [0.15, 0.2) is 0 Å². The van der Waals surface area contributed by atoms with Crippen molar-refractivity contribution in [2.45, 2.75) is 77.2 Å². The van der Waals surface area contributed by atoms with Gasteiger partial charge in [-0.15, -0.1) is 0 Å². The molecule has 164 valence electrons. The Bertz CT molecular complexity index is 542. The number of hydrogen-bond acceptors (Lipinski definition) is 3. The van der Waals surface area contributed by atoms with Crippen LogP contribution in [0.3, 0.4) is 0 Å². The van der Waals surface area contributed by atoms with Crippen molar-refractivity contribution in [1.82, 2.24) is 0 Å². The molecule has 0 saturated heterocycles. The molecule has 0 heterocycles. The Morgan fingerprint density at radius 2 is 1.50 bits per heavy atom. The van der Waals surface area contributed by atoms with Gasteiger partial charge in [0, 0.05) is 6.42 Å². The number of carbonyl (C=O) groups excluding carboxylic acids is 1. The highest BCUT2D eigenvalue weighted by Crippen LogP contribution is 2.44. The predicted molar refractivity (Wildman–Crippen MR) is 87.3 cm³/mol. The van der Waals surface area contributed by atoms with E-state index in [9.17, 15) is 41.0 Å². The molecule has 2 unspecified atom stereocenters. The minimum absolute atomic E-state index is 0.0934. The molecule has 1 rings (SSSR count). The first-order valence-corrected chi connectivity index (χ1v) is 9.10. The molecule has 1 aliphatic carbocycles. The second kappa shape index (κ2) is 8.90. The Kier molecular flexibility index (Phi) is 7.81. The zero-order valence-corrected chi connectivity index (χ0v) is 16.0. The number of aliphatic carboxylic acids is 1. The number of halogens is 6. The van der Waals surface area contributed by atoms with Crippen LogP contribution in [0.1, 0.15) is 59.3 Å². The Morgan fingerprint density at radius 1 is 1.00 bits per heavy atom. The smallest absolute Gasteiger partial charge is 0.391 e. The van der Waals surface area contributed by atoms with E-state index in [2.05, 4.69) is 0 Å². The van der Waals surface area contributed by atoms with Gasteiger partial charge in [0.2, 0.25) is 0 Å². The number of ether oxygens (including phenoxy) is 1. The van der Waals surface area contributed by atoms with E-state index in [1.54, 1.807) is 0 Å². The summed E-state index contributed by atoms with van der Waals surface area (Å²) in [5.74, 6) is -7.99. The number of carboxylic acid groups (broad SMARTS) is 1. The maximum absolute atomic E-state index is 12.9.